The lowest BCUT2D eigenvalue weighted by molar-refractivity contribution is 0.194. The normalized spacial score (nSPS) is 19.5. The predicted molar refractivity (Wildman–Crippen MR) is 43.4 cm³/mol. The van der Waals surface area contributed by atoms with Gasteiger partial charge in [-0.25, -0.2) is 0 Å². The first-order valence-corrected chi connectivity index (χ1v) is 4.34. The second-order valence-corrected chi connectivity index (χ2v) is 3.48. The van der Waals surface area contributed by atoms with Gasteiger partial charge in [0.05, 0.1) is 12.3 Å². The van der Waals surface area contributed by atoms with Gasteiger partial charge >= 0.3 is 0 Å². The van der Waals surface area contributed by atoms with E-state index in [9.17, 15) is 5.11 Å². The average molecular weight is 167 g/mol. The highest BCUT2D eigenvalue weighted by molar-refractivity contribution is 4.95. The molecule has 1 aromatic heterocycles. The summed E-state index contributed by atoms with van der Waals surface area (Å²) in [6.45, 7) is 2.66. The number of aliphatic hydroxyl groups excluding tert-OH is 1. The van der Waals surface area contributed by atoms with Crippen LogP contribution in [0.4, 0.5) is 0 Å². The first-order valence-electron chi connectivity index (χ1n) is 4.34. The molecular formula is C8H13N3O. The molecule has 0 spiro atoms. The lowest BCUT2D eigenvalue weighted by atomic mass is 10.3. The highest BCUT2D eigenvalue weighted by Gasteiger charge is 2.22. The van der Waals surface area contributed by atoms with Crippen molar-refractivity contribution in [2.24, 2.45) is 5.92 Å². The van der Waals surface area contributed by atoms with Gasteiger partial charge in [-0.1, -0.05) is 5.21 Å². The minimum Gasteiger partial charge on any atom is -0.387 e. The Morgan fingerprint density at radius 1 is 1.75 bits per heavy atom. The molecule has 1 aliphatic rings. The van der Waals surface area contributed by atoms with Gasteiger partial charge in [-0.05, 0) is 25.7 Å². The lowest BCUT2D eigenvalue weighted by Gasteiger charge is -1.96. The van der Waals surface area contributed by atoms with Gasteiger partial charge in [-0.15, -0.1) is 5.10 Å². The number of hydrogen-bond donors (Lipinski definition) is 1. The van der Waals surface area contributed by atoms with E-state index in [0.29, 0.717) is 5.69 Å². The Morgan fingerprint density at radius 2 is 2.50 bits per heavy atom. The largest absolute Gasteiger partial charge is 0.387 e. The van der Waals surface area contributed by atoms with Crippen molar-refractivity contribution < 1.29 is 5.11 Å². The Morgan fingerprint density at radius 3 is 3.00 bits per heavy atom. The number of nitrogens with zero attached hydrogens (tertiary/aromatic N) is 3. The van der Waals surface area contributed by atoms with Crippen LogP contribution < -0.4 is 0 Å². The zero-order chi connectivity index (χ0) is 8.55. The van der Waals surface area contributed by atoms with Crippen LogP contribution in [0.1, 0.15) is 31.6 Å². The van der Waals surface area contributed by atoms with Crippen LogP contribution in [0.5, 0.6) is 0 Å². The Hall–Kier alpha value is -0.900. The van der Waals surface area contributed by atoms with Crippen molar-refractivity contribution in [3.8, 4) is 0 Å². The molecule has 0 amide bonds. The van der Waals surface area contributed by atoms with Crippen LogP contribution in [-0.2, 0) is 6.54 Å². The molecule has 0 saturated heterocycles. The summed E-state index contributed by atoms with van der Waals surface area (Å²) in [6, 6.07) is 0. The van der Waals surface area contributed by atoms with Crippen LogP contribution in [0.15, 0.2) is 6.20 Å². The monoisotopic (exact) mass is 167 g/mol. The number of hydrogen-bond acceptors (Lipinski definition) is 3. The fourth-order valence-electron chi connectivity index (χ4n) is 1.16. The summed E-state index contributed by atoms with van der Waals surface area (Å²) < 4.78 is 1.82. The van der Waals surface area contributed by atoms with Crippen molar-refractivity contribution in [2.75, 3.05) is 0 Å². The molecule has 66 valence electrons. The molecule has 0 aliphatic heterocycles. The minimum atomic E-state index is -0.502. The number of aliphatic hydroxyl groups is 1. The molecule has 1 aromatic rings. The van der Waals surface area contributed by atoms with Crippen LogP contribution in [0.25, 0.3) is 0 Å². The smallest absolute Gasteiger partial charge is 0.111 e. The number of aromatic nitrogens is 3. The van der Waals surface area contributed by atoms with Crippen LogP contribution in [0, 0.1) is 5.92 Å². The summed E-state index contributed by atoms with van der Waals surface area (Å²) in [6.07, 6.45) is 3.94. The lowest BCUT2D eigenvalue weighted by Crippen LogP contribution is -1.99. The summed E-state index contributed by atoms with van der Waals surface area (Å²) in [4.78, 5) is 0. The van der Waals surface area contributed by atoms with Gasteiger partial charge in [-0.3, -0.25) is 4.68 Å². The van der Waals surface area contributed by atoms with Crippen LogP contribution in [0.2, 0.25) is 0 Å². The summed E-state index contributed by atoms with van der Waals surface area (Å²) in [5, 5.41) is 17.0. The Kier molecular flexibility index (Phi) is 1.84. The maximum absolute atomic E-state index is 9.17. The summed E-state index contributed by atoms with van der Waals surface area (Å²) >= 11 is 0. The molecule has 1 atom stereocenters. The SMILES string of the molecule is C[C@H](O)c1cn(CC2CC2)nn1. The zero-order valence-electron chi connectivity index (χ0n) is 7.14. The highest BCUT2D eigenvalue weighted by Crippen LogP contribution is 2.30. The molecule has 4 nitrogen and oxygen atoms in total. The van der Waals surface area contributed by atoms with Crippen molar-refractivity contribution in [1.82, 2.24) is 15.0 Å². The molecule has 0 radical (unpaired) electrons. The molecule has 4 heteroatoms. The summed E-state index contributed by atoms with van der Waals surface area (Å²) in [5.41, 5.74) is 0.663. The molecule has 12 heavy (non-hydrogen) atoms. The molecule has 0 bridgehead atoms. The topological polar surface area (TPSA) is 50.9 Å². The quantitative estimate of drug-likeness (QED) is 0.722. The Balaban J connectivity index is 2.02. The van der Waals surface area contributed by atoms with Crippen molar-refractivity contribution in [1.29, 1.82) is 0 Å². The average Bonchev–Trinajstić information content (AvgIpc) is 2.66. The van der Waals surface area contributed by atoms with E-state index in [4.69, 9.17) is 0 Å². The van der Waals surface area contributed by atoms with Crippen LogP contribution in [-0.4, -0.2) is 20.1 Å². The first-order chi connectivity index (χ1) is 5.75. The molecule has 0 aromatic carbocycles. The van der Waals surface area contributed by atoms with E-state index in [1.165, 1.54) is 12.8 Å². The van der Waals surface area contributed by atoms with Gasteiger partial charge < -0.3 is 5.11 Å². The van der Waals surface area contributed by atoms with E-state index in [2.05, 4.69) is 10.3 Å². The van der Waals surface area contributed by atoms with Crippen molar-refractivity contribution in [3.63, 3.8) is 0 Å². The molecule has 2 rings (SSSR count). The molecule has 1 aliphatic carbocycles. The molecule has 1 fully saturated rings. The van der Waals surface area contributed by atoms with E-state index in [1.54, 1.807) is 6.92 Å². The maximum atomic E-state index is 9.17. The Bertz CT molecular complexity index is 265. The molecule has 0 unspecified atom stereocenters. The number of rotatable bonds is 3. The van der Waals surface area contributed by atoms with E-state index >= 15 is 0 Å². The van der Waals surface area contributed by atoms with Gasteiger partial charge in [0.15, 0.2) is 0 Å². The van der Waals surface area contributed by atoms with Crippen molar-refractivity contribution in [3.05, 3.63) is 11.9 Å². The fraction of sp³-hybridized carbons (Fsp3) is 0.750. The van der Waals surface area contributed by atoms with Gasteiger partial charge in [0.25, 0.3) is 0 Å². The second kappa shape index (κ2) is 2.86. The molecule has 1 N–H and O–H groups in total. The van der Waals surface area contributed by atoms with Crippen LogP contribution >= 0.6 is 0 Å². The van der Waals surface area contributed by atoms with E-state index < -0.39 is 6.10 Å². The van der Waals surface area contributed by atoms with E-state index in [1.807, 2.05) is 10.9 Å². The van der Waals surface area contributed by atoms with Crippen LogP contribution in [0.3, 0.4) is 0 Å². The Labute approximate surface area is 71.2 Å². The predicted octanol–water partition coefficient (Wildman–Crippen LogP) is 0.741. The molecular weight excluding hydrogens is 154 g/mol. The van der Waals surface area contributed by atoms with Gasteiger partial charge in [-0.2, -0.15) is 0 Å². The standard InChI is InChI=1S/C8H13N3O/c1-6(12)8-5-11(10-9-8)4-7-2-3-7/h5-7,12H,2-4H2,1H3/t6-/m0/s1. The third-order valence-electron chi connectivity index (χ3n) is 2.13. The maximum Gasteiger partial charge on any atom is 0.111 e. The van der Waals surface area contributed by atoms with Crippen molar-refractivity contribution >= 4 is 0 Å². The third kappa shape index (κ3) is 1.64. The molecule has 1 saturated carbocycles. The highest BCUT2D eigenvalue weighted by atomic mass is 16.3. The summed E-state index contributed by atoms with van der Waals surface area (Å²) in [5.74, 6) is 0.800. The fourth-order valence-corrected chi connectivity index (χ4v) is 1.16. The minimum absolute atomic E-state index is 0.502. The van der Waals surface area contributed by atoms with Gasteiger partial charge in [0.2, 0.25) is 0 Å². The van der Waals surface area contributed by atoms with E-state index in [0.717, 1.165) is 12.5 Å². The zero-order valence-corrected chi connectivity index (χ0v) is 7.14. The van der Waals surface area contributed by atoms with Gasteiger partial charge in [0, 0.05) is 6.54 Å². The van der Waals surface area contributed by atoms with Gasteiger partial charge in [0.1, 0.15) is 5.69 Å². The second-order valence-electron chi connectivity index (χ2n) is 3.48. The van der Waals surface area contributed by atoms with E-state index in [-0.39, 0.29) is 0 Å². The molecule has 1 heterocycles. The van der Waals surface area contributed by atoms with Crippen molar-refractivity contribution in [2.45, 2.75) is 32.4 Å². The third-order valence-corrected chi connectivity index (χ3v) is 2.13. The first kappa shape index (κ1) is 7.73. The summed E-state index contributed by atoms with van der Waals surface area (Å²) in [7, 11) is 0.